The van der Waals surface area contributed by atoms with E-state index in [1.54, 1.807) is 26.0 Å². The van der Waals surface area contributed by atoms with Gasteiger partial charge in [0.2, 0.25) is 0 Å². The molecule has 7 heteroatoms. The Bertz CT molecular complexity index is 390. The molecule has 0 saturated carbocycles. The molecule has 2 atom stereocenters. The molecule has 0 bridgehead atoms. The number of hydrogen-bond acceptors (Lipinski definition) is 6. The first-order valence-corrected chi connectivity index (χ1v) is 5.68. The van der Waals surface area contributed by atoms with Gasteiger partial charge in [0.05, 0.1) is 12.9 Å². The van der Waals surface area contributed by atoms with E-state index < -0.39 is 23.0 Å². The average Bonchev–Trinajstić information content (AvgIpc) is 2.81. The maximum atomic E-state index is 11.7. The number of nitro groups is 1. The highest BCUT2D eigenvalue weighted by molar-refractivity contribution is 5.75. The second-order valence-corrected chi connectivity index (χ2v) is 3.53. The average molecular weight is 256 g/mol. The maximum Gasteiger partial charge on any atom is 0.383 e. The lowest BCUT2D eigenvalue weighted by Gasteiger charge is -2.18. The van der Waals surface area contributed by atoms with Crippen LogP contribution in [0.15, 0.2) is 22.8 Å². The Balaban J connectivity index is 2.98. The molecule has 0 aliphatic carbocycles. The zero-order valence-electron chi connectivity index (χ0n) is 10.3. The zero-order valence-corrected chi connectivity index (χ0v) is 10.3. The molecule has 1 heterocycles. The van der Waals surface area contributed by atoms with Gasteiger partial charge in [0.15, 0.2) is 0 Å². The first kappa shape index (κ1) is 14.2. The SMILES string of the molecule is CCNC(c1ccco1)C(C(=O)OCC)[N+](=O)[O-]. The van der Waals surface area contributed by atoms with Gasteiger partial charge in [-0.2, -0.15) is 0 Å². The molecule has 0 fully saturated rings. The fourth-order valence-corrected chi connectivity index (χ4v) is 1.63. The molecule has 1 aromatic heterocycles. The largest absolute Gasteiger partial charge is 0.467 e. The van der Waals surface area contributed by atoms with Gasteiger partial charge in [-0.1, -0.05) is 6.92 Å². The Hall–Kier alpha value is -1.89. The van der Waals surface area contributed by atoms with E-state index in [-0.39, 0.29) is 6.61 Å². The first-order chi connectivity index (χ1) is 8.61. The molecular formula is C11H16N2O5. The van der Waals surface area contributed by atoms with Crippen LogP contribution in [-0.4, -0.2) is 30.1 Å². The third-order valence-electron chi connectivity index (χ3n) is 2.34. The molecule has 0 aliphatic rings. The number of likely N-dealkylation sites (N-methyl/N-ethyl adjacent to an activating group) is 1. The van der Waals surface area contributed by atoms with Crippen LogP contribution in [0.1, 0.15) is 25.6 Å². The molecular weight excluding hydrogens is 240 g/mol. The summed E-state index contributed by atoms with van der Waals surface area (Å²) in [4.78, 5) is 22.0. The van der Waals surface area contributed by atoms with Crippen molar-refractivity contribution in [3.63, 3.8) is 0 Å². The highest BCUT2D eigenvalue weighted by Crippen LogP contribution is 2.20. The lowest BCUT2D eigenvalue weighted by Crippen LogP contribution is -2.43. The van der Waals surface area contributed by atoms with E-state index >= 15 is 0 Å². The smallest absolute Gasteiger partial charge is 0.383 e. The molecule has 7 nitrogen and oxygen atoms in total. The molecule has 0 aliphatic heterocycles. The number of ether oxygens (including phenoxy) is 1. The minimum Gasteiger partial charge on any atom is -0.467 e. The number of rotatable bonds is 7. The standard InChI is InChI=1S/C11H16N2O5/c1-3-12-9(8-6-5-7-18-8)10(13(15)16)11(14)17-4-2/h5-7,9-10,12H,3-4H2,1-2H3. The van der Waals surface area contributed by atoms with E-state index in [9.17, 15) is 14.9 Å². The number of carbonyl (C=O) groups is 1. The summed E-state index contributed by atoms with van der Waals surface area (Å²) in [5.41, 5.74) is 0. The molecule has 1 N–H and O–H groups in total. The third kappa shape index (κ3) is 3.30. The fourth-order valence-electron chi connectivity index (χ4n) is 1.63. The van der Waals surface area contributed by atoms with Crippen molar-refractivity contribution in [2.75, 3.05) is 13.2 Å². The zero-order chi connectivity index (χ0) is 13.5. The van der Waals surface area contributed by atoms with Gasteiger partial charge in [0.25, 0.3) is 0 Å². The van der Waals surface area contributed by atoms with Crippen LogP contribution in [0.3, 0.4) is 0 Å². The van der Waals surface area contributed by atoms with Crippen LogP contribution in [-0.2, 0) is 9.53 Å². The topological polar surface area (TPSA) is 94.6 Å². The normalized spacial score (nSPS) is 13.9. The Morgan fingerprint density at radius 3 is 2.78 bits per heavy atom. The van der Waals surface area contributed by atoms with Gasteiger partial charge < -0.3 is 14.5 Å². The number of carbonyl (C=O) groups excluding carboxylic acids is 1. The van der Waals surface area contributed by atoms with Crippen molar-refractivity contribution in [2.45, 2.75) is 25.9 Å². The molecule has 0 aromatic carbocycles. The van der Waals surface area contributed by atoms with Gasteiger partial charge in [0, 0.05) is 4.92 Å². The van der Waals surface area contributed by atoms with Gasteiger partial charge in [-0.15, -0.1) is 0 Å². The summed E-state index contributed by atoms with van der Waals surface area (Å²) >= 11 is 0. The molecule has 0 saturated heterocycles. The van der Waals surface area contributed by atoms with Crippen LogP contribution in [0.5, 0.6) is 0 Å². The van der Waals surface area contributed by atoms with Gasteiger partial charge in [-0.05, 0) is 25.6 Å². The first-order valence-electron chi connectivity index (χ1n) is 5.68. The number of nitrogens with one attached hydrogen (secondary N) is 1. The van der Waals surface area contributed by atoms with Crippen molar-refractivity contribution in [1.29, 1.82) is 0 Å². The summed E-state index contributed by atoms with van der Waals surface area (Å²) in [6.45, 7) is 3.96. The van der Waals surface area contributed by atoms with Crippen LogP contribution in [0.2, 0.25) is 0 Å². The summed E-state index contributed by atoms with van der Waals surface area (Å²) in [7, 11) is 0. The molecule has 1 rings (SSSR count). The second kappa shape index (κ2) is 6.75. The van der Waals surface area contributed by atoms with E-state index in [2.05, 4.69) is 5.32 Å². The van der Waals surface area contributed by atoms with Crippen LogP contribution < -0.4 is 5.32 Å². The number of esters is 1. The highest BCUT2D eigenvalue weighted by atomic mass is 16.6. The van der Waals surface area contributed by atoms with Gasteiger partial charge >= 0.3 is 12.0 Å². The summed E-state index contributed by atoms with van der Waals surface area (Å²) in [5, 5.41) is 13.9. The summed E-state index contributed by atoms with van der Waals surface area (Å²) < 4.78 is 9.86. The van der Waals surface area contributed by atoms with Crippen molar-refractivity contribution in [1.82, 2.24) is 5.32 Å². The Kier molecular flexibility index (Phi) is 5.31. The molecule has 1 aromatic rings. The third-order valence-corrected chi connectivity index (χ3v) is 2.34. The number of nitrogens with zero attached hydrogens (tertiary/aromatic N) is 1. The van der Waals surface area contributed by atoms with Crippen LogP contribution in [0.25, 0.3) is 0 Å². The molecule has 0 spiro atoms. The van der Waals surface area contributed by atoms with Gasteiger partial charge in [0.1, 0.15) is 11.8 Å². The van der Waals surface area contributed by atoms with Gasteiger partial charge in [-0.3, -0.25) is 10.1 Å². The van der Waals surface area contributed by atoms with Crippen molar-refractivity contribution in [3.05, 3.63) is 34.3 Å². The Morgan fingerprint density at radius 2 is 2.33 bits per heavy atom. The molecule has 18 heavy (non-hydrogen) atoms. The monoisotopic (exact) mass is 256 g/mol. The minimum atomic E-state index is -1.52. The Labute approximate surface area is 104 Å². The van der Waals surface area contributed by atoms with Crippen LogP contribution in [0.4, 0.5) is 0 Å². The second-order valence-electron chi connectivity index (χ2n) is 3.53. The predicted octanol–water partition coefficient (Wildman–Crippen LogP) is 1.14. The van der Waals surface area contributed by atoms with Crippen molar-refractivity contribution >= 4 is 5.97 Å². The highest BCUT2D eigenvalue weighted by Gasteiger charge is 2.42. The van der Waals surface area contributed by atoms with E-state index in [0.717, 1.165) is 0 Å². The molecule has 100 valence electrons. The van der Waals surface area contributed by atoms with E-state index in [1.165, 1.54) is 6.26 Å². The summed E-state index contributed by atoms with van der Waals surface area (Å²) in [6, 6.07) is 0.848. The van der Waals surface area contributed by atoms with E-state index in [1.807, 2.05) is 0 Å². The maximum absolute atomic E-state index is 11.7. The molecule has 2 unspecified atom stereocenters. The number of furan rings is 1. The predicted molar refractivity (Wildman–Crippen MR) is 62.5 cm³/mol. The quantitative estimate of drug-likeness (QED) is 0.446. The number of hydrogen-bond donors (Lipinski definition) is 1. The minimum absolute atomic E-state index is 0.0974. The van der Waals surface area contributed by atoms with Crippen molar-refractivity contribution < 1.29 is 18.9 Å². The van der Waals surface area contributed by atoms with Crippen molar-refractivity contribution in [3.8, 4) is 0 Å². The lowest BCUT2D eigenvalue weighted by molar-refractivity contribution is -0.516. The fraction of sp³-hybridized carbons (Fsp3) is 0.545. The van der Waals surface area contributed by atoms with Gasteiger partial charge in [-0.25, -0.2) is 4.79 Å². The van der Waals surface area contributed by atoms with Crippen LogP contribution >= 0.6 is 0 Å². The Morgan fingerprint density at radius 1 is 1.61 bits per heavy atom. The van der Waals surface area contributed by atoms with E-state index in [4.69, 9.17) is 9.15 Å². The van der Waals surface area contributed by atoms with Crippen molar-refractivity contribution in [2.24, 2.45) is 0 Å². The lowest BCUT2D eigenvalue weighted by atomic mass is 10.1. The summed E-state index contributed by atoms with van der Waals surface area (Å²) in [5.74, 6) is -0.531. The summed E-state index contributed by atoms with van der Waals surface area (Å²) in [6.07, 6.45) is 1.40. The molecule has 0 amide bonds. The molecule has 0 radical (unpaired) electrons. The van der Waals surface area contributed by atoms with E-state index in [0.29, 0.717) is 12.3 Å². The van der Waals surface area contributed by atoms with Crippen LogP contribution in [0, 0.1) is 10.1 Å².